The molecule has 0 unspecified atom stereocenters. The maximum absolute atomic E-state index is 13.0. The van der Waals surface area contributed by atoms with Crippen molar-refractivity contribution in [1.82, 2.24) is 0 Å². The molecule has 0 bridgehead atoms. The Kier molecular flexibility index (Phi) is 3.97. The number of nitro groups is 1. The van der Waals surface area contributed by atoms with E-state index in [4.69, 9.17) is 11.6 Å². The van der Waals surface area contributed by atoms with Crippen molar-refractivity contribution in [3.8, 4) is 0 Å². The zero-order valence-corrected chi connectivity index (χ0v) is 10.5. The molecule has 2 aromatic carbocycles. The third-order valence-corrected chi connectivity index (χ3v) is 2.85. The molecule has 4 nitrogen and oxygen atoms in total. The van der Waals surface area contributed by atoms with E-state index < -0.39 is 4.92 Å². The average molecular weight is 281 g/mol. The lowest BCUT2D eigenvalue weighted by Crippen LogP contribution is -2.00. The van der Waals surface area contributed by atoms with Gasteiger partial charge in [-0.2, -0.15) is 0 Å². The fraction of sp³-hybridized carbons (Fsp3) is 0.0769. The lowest BCUT2D eigenvalue weighted by Gasteiger charge is -2.07. The first kappa shape index (κ1) is 13.3. The van der Waals surface area contributed by atoms with Gasteiger partial charge in [0.25, 0.3) is 5.69 Å². The Hall–Kier alpha value is -2.14. The number of nitro benzene ring substituents is 1. The topological polar surface area (TPSA) is 55.2 Å². The van der Waals surface area contributed by atoms with E-state index in [1.54, 1.807) is 18.2 Å². The summed E-state index contributed by atoms with van der Waals surface area (Å²) >= 11 is 5.72. The van der Waals surface area contributed by atoms with Crippen molar-refractivity contribution in [3.63, 3.8) is 0 Å². The first-order valence-electron chi connectivity index (χ1n) is 5.48. The molecule has 0 spiro atoms. The summed E-state index contributed by atoms with van der Waals surface area (Å²) in [6.07, 6.45) is 0. The van der Waals surface area contributed by atoms with E-state index >= 15 is 0 Å². The van der Waals surface area contributed by atoms with Gasteiger partial charge in [0, 0.05) is 18.3 Å². The first-order chi connectivity index (χ1) is 9.06. The van der Waals surface area contributed by atoms with Crippen molar-refractivity contribution in [2.75, 3.05) is 5.32 Å². The molecule has 0 aliphatic carbocycles. The van der Waals surface area contributed by atoms with Crippen LogP contribution in [0.2, 0.25) is 5.02 Å². The Morgan fingerprint density at radius 3 is 2.74 bits per heavy atom. The van der Waals surface area contributed by atoms with E-state index in [9.17, 15) is 14.5 Å². The minimum Gasteiger partial charge on any atom is -0.381 e. The minimum atomic E-state index is -0.534. The molecule has 0 saturated heterocycles. The summed E-state index contributed by atoms with van der Waals surface area (Å²) in [4.78, 5) is 10.2. The average Bonchev–Trinajstić information content (AvgIpc) is 2.37. The third-order valence-electron chi connectivity index (χ3n) is 2.53. The first-order valence-corrected chi connectivity index (χ1v) is 5.86. The molecule has 2 aromatic rings. The van der Waals surface area contributed by atoms with Crippen LogP contribution in [0.4, 0.5) is 15.8 Å². The van der Waals surface area contributed by atoms with Crippen LogP contribution in [0.5, 0.6) is 0 Å². The molecule has 0 aromatic heterocycles. The molecule has 2 rings (SSSR count). The molecular weight excluding hydrogens is 271 g/mol. The van der Waals surface area contributed by atoms with Crippen LogP contribution < -0.4 is 5.32 Å². The number of nitrogens with one attached hydrogen (secondary N) is 1. The Balaban J connectivity index is 2.12. The van der Waals surface area contributed by atoms with Gasteiger partial charge in [-0.1, -0.05) is 23.7 Å². The van der Waals surface area contributed by atoms with E-state index in [1.165, 1.54) is 24.3 Å². The van der Waals surface area contributed by atoms with Crippen LogP contribution in [0.15, 0.2) is 42.5 Å². The smallest absolute Gasteiger partial charge is 0.288 e. The highest BCUT2D eigenvalue weighted by molar-refractivity contribution is 6.32. The summed E-state index contributed by atoms with van der Waals surface area (Å²) in [6, 6.07) is 10.6. The Morgan fingerprint density at radius 1 is 1.26 bits per heavy atom. The predicted molar refractivity (Wildman–Crippen MR) is 71.8 cm³/mol. The van der Waals surface area contributed by atoms with Crippen molar-refractivity contribution < 1.29 is 9.31 Å². The van der Waals surface area contributed by atoms with Crippen LogP contribution in [0, 0.1) is 15.9 Å². The van der Waals surface area contributed by atoms with Gasteiger partial charge in [-0.15, -0.1) is 0 Å². The zero-order valence-electron chi connectivity index (χ0n) is 9.77. The van der Waals surface area contributed by atoms with E-state index in [0.29, 0.717) is 17.8 Å². The summed E-state index contributed by atoms with van der Waals surface area (Å²) in [5, 5.41) is 13.8. The molecule has 0 saturated carbocycles. The number of benzene rings is 2. The van der Waals surface area contributed by atoms with Gasteiger partial charge in [0.1, 0.15) is 10.8 Å². The predicted octanol–water partition coefficient (Wildman–Crippen LogP) is 4.00. The summed E-state index contributed by atoms with van der Waals surface area (Å²) in [6.45, 7) is 0.349. The molecule has 98 valence electrons. The number of nitrogens with zero attached hydrogens (tertiary/aromatic N) is 1. The molecule has 19 heavy (non-hydrogen) atoms. The summed E-state index contributed by atoms with van der Waals surface area (Å²) < 4.78 is 13.0. The molecule has 1 N–H and O–H groups in total. The number of rotatable bonds is 4. The van der Waals surface area contributed by atoms with Crippen molar-refractivity contribution >= 4 is 23.0 Å². The molecule has 0 aliphatic heterocycles. The van der Waals surface area contributed by atoms with Crippen LogP contribution in [0.25, 0.3) is 0 Å². The van der Waals surface area contributed by atoms with Gasteiger partial charge in [0.05, 0.1) is 4.92 Å². The van der Waals surface area contributed by atoms with Crippen LogP contribution >= 0.6 is 11.6 Å². The summed E-state index contributed by atoms with van der Waals surface area (Å²) in [5.74, 6) is -0.341. The summed E-state index contributed by atoms with van der Waals surface area (Å²) in [5.41, 5.74) is 1.16. The van der Waals surface area contributed by atoms with Crippen LogP contribution in [-0.4, -0.2) is 4.92 Å². The van der Waals surface area contributed by atoms with Gasteiger partial charge in [-0.3, -0.25) is 10.1 Å². The van der Waals surface area contributed by atoms with Crippen LogP contribution in [0.1, 0.15) is 5.56 Å². The van der Waals surface area contributed by atoms with Crippen LogP contribution in [-0.2, 0) is 6.54 Å². The fourth-order valence-electron chi connectivity index (χ4n) is 1.61. The van der Waals surface area contributed by atoms with E-state index in [2.05, 4.69) is 5.32 Å². The van der Waals surface area contributed by atoms with Gasteiger partial charge in [0.15, 0.2) is 0 Å². The Bertz CT molecular complexity index is 619. The summed E-state index contributed by atoms with van der Waals surface area (Å²) in [7, 11) is 0. The highest BCUT2D eigenvalue weighted by atomic mass is 35.5. The zero-order chi connectivity index (χ0) is 13.8. The second-order valence-electron chi connectivity index (χ2n) is 3.91. The van der Waals surface area contributed by atoms with E-state index in [1.807, 2.05) is 0 Å². The van der Waals surface area contributed by atoms with Gasteiger partial charge >= 0.3 is 0 Å². The minimum absolute atomic E-state index is 0.0968. The Morgan fingerprint density at radius 2 is 2.05 bits per heavy atom. The highest BCUT2D eigenvalue weighted by Crippen LogP contribution is 2.25. The number of halogens is 2. The fourth-order valence-corrected chi connectivity index (χ4v) is 1.80. The lowest BCUT2D eigenvalue weighted by atomic mass is 10.2. The van der Waals surface area contributed by atoms with Crippen molar-refractivity contribution in [2.24, 2.45) is 0 Å². The van der Waals surface area contributed by atoms with Crippen LogP contribution in [0.3, 0.4) is 0 Å². The molecule has 6 heteroatoms. The maximum Gasteiger partial charge on any atom is 0.288 e. The second kappa shape index (κ2) is 5.67. The molecule has 0 amide bonds. The molecule has 0 aliphatic rings. The lowest BCUT2D eigenvalue weighted by molar-refractivity contribution is -0.384. The SMILES string of the molecule is O=[N+]([O-])c1cc(CNc2cccc(F)c2)ccc1Cl. The number of anilines is 1. The molecular formula is C13H10ClFN2O2. The number of hydrogen-bond donors (Lipinski definition) is 1. The van der Waals surface area contributed by atoms with Gasteiger partial charge in [-0.05, 0) is 29.8 Å². The Labute approximate surface area is 114 Å². The quantitative estimate of drug-likeness (QED) is 0.680. The van der Waals surface area contributed by atoms with Crippen molar-refractivity contribution in [1.29, 1.82) is 0 Å². The molecule has 0 radical (unpaired) electrons. The van der Waals surface area contributed by atoms with Crippen molar-refractivity contribution in [2.45, 2.75) is 6.54 Å². The maximum atomic E-state index is 13.0. The van der Waals surface area contributed by atoms with E-state index in [-0.39, 0.29) is 16.5 Å². The molecule has 0 atom stereocenters. The van der Waals surface area contributed by atoms with Gasteiger partial charge < -0.3 is 5.32 Å². The monoisotopic (exact) mass is 280 g/mol. The highest BCUT2D eigenvalue weighted by Gasteiger charge is 2.12. The van der Waals surface area contributed by atoms with Crippen molar-refractivity contribution in [3.05, 3.63) is 69.0 Å². The molecule has 0 heterocycles. The van der Waals surface area contributed by atoms with E-state index in [0.717, 1.165) is 0 Å². The second-order valence-corrected chi connectivity index (χ2v) is 4.31. The number of hydrogen-bond acceptors (Lipinski definition) is 3. The van der Waals surface area contributed by atoms with Gasteiger partial charge in [0.2, 0.25) is 0 Å². The molecule has 0 fully saturated rings. The normalized spacial score (nSPS) is 10.2. The standard InChI is InChI=1S/C13H10ClFN2O2/c14-12-5-4-9(6-13(12)17(18)19)8-16-11-3-1-2-10(15)7-11/h1-7,16H,8H2. The largest absolute Gasteiger partial charge is 0.381 e. The third kappa shape index (κ3) is 3.42. The van der Waals surface area contributed by atoms with Gasteiger partial charge in [-0.25, -0.2) is 4.39 Å².